The van der Waals surface area contributed by atoms with Gasteiger partial charge in [-0.25, -0.2) is 23.4 Å². The van der Waals surface area contributed by atoms with Gasteiger partial charge >= 0.3 is 0 Å². The van der Waals surface area contributed by atoms with Crippen molar-refractivity contribution in [1.82, 2.24) is 34.1 Å². The maximum Gasteiger partial charge on any atom is 0.276 e. The number of anilines is 1. The molecule has 0 aliphatic carbocycles. The number of ether oxygens (including phenoxy) is 2. The van der Waals surface area contributed by atoms with Gasteiger partial charge in [0, 0.05) is 39.5 Å². The molecule has 1 atom stereocenters. The van der Waals surface area contributed by atoms with Crippen LogP contribution in [-0.4, -0.2) is 96.1 Å². The lowest BCUT2D eigenvalue weighted by atomic mass is 10.1. The third-order valence-corrected chi connectivity index (χ3v) is 8.91. The largest absolute Gasteiger partial charge is 0.475 e. The quantitative estimate of drug-likeness (QED) is 0.342. The minimum absolute atomic E-state index is 0.0104. The van der Waals surface area contributed by atoms with Crippen molar-refractivity contribution >= 4 is 15.7 Å². The standard InChI is InChI=1S/C26H34N8O5S/c1-4-21-22-23(31-34(21)17-18-7-5-6-8-27-18)25(35)30-24(29-22)20-15-19(16-28-26(20)39-14-13-38-3)40(36,37)33-11-9-32(2)10-12-33/h5-8,15-16,21,31H,4,9-14,17H2,1-3H3,(H,29,30,35). The molecule has 14 heteroatoms. The van der Waals surface area contributed by atoms with Crippen LogP contribution in [0.1, 0.15) is 30.8 Å². The van der Waals surface area contributed by atoms with Crippen molar-refractivity contribution in [3.63, 3.8) is 0 Å². The monoisotopic (exact) mass is 570 g/mol. The molecule has 0 aromatic carbocycles. The highest BCUT2D eigenvalue weighted by atomic mass is 32.2. The zero-order valence-corrected chi connectivity index (χ0v) is 23.6. The van der Waals surface area contributed by atoms with Crippen molar-refractivity contribution in [2.45, 2.75) is 30.8 Å². The molecule has 1 unspecified atom stereocenters. The molecule has 0 saturated carbocycles. The predicted octanol–water partition coefficient (Wildman–Crippen LogP) is 1.48. The van der Waals surface area contributed by atoms with Gasteiger partial charge in [-0.15, -0.1) is 0 Å². The number of aromatic nitrogens is 4. The summed E-state index contributed by atoms with van der Waals surface area (Å²) in [4.78, 5) is 31.7. The van der Waals surface area contributed by atoms with Crippen LogP contribution in [0, 0.1) is 0 Å². The van der Waals surface area contributed by atoms with Gasteiger partial charge in [0.1, 0.15) is 23.0 Å². The molecule has 3 aromatic rings. The second-order valence-corrected chi connectivity index (χ2v) is 11.7. The number of aromatic amines is 1. The number of hydrogen-bond donors (Lipinski definition) is 2. The van der Waals surface area contributed by atoms with Crippen molar-refractivity contribution in [3.05, 3.63) is 58.4 Å². The van der Waals surface area contributed by atoms with E-state index in [1.807, 2.05) is 37.2 Å². The van der Waals surface area contributed by atoms with Gasteiger partial charge < -0.3 is 24.8 Å². The zero-order valence-electron chi connectivity index (χ0n) is 22.8. The van der Waals surface area contributed by atoms with Crippen LogP contribution >= 0.6 is 0 Å². The Morgan fingerprint density at radius 2 is 1.93 bits per heavy atom. The Labute approximate surface area is 233 Å². The Morgan fingerprint density at radius 3 is 2.62 bits per heavy atom. The van der Waals surface area contributed by atoms with E-state index in [0.717, 1.165) is 5.69 Å². The normalized spacial score (nSPS) is 18.4. The van der Waals surface area contributed by atoms with E-state index in [2.05, 4.69) is 25.3 Å². The summed E-state index contributed by atoms with van der Waals surface area (Å²) in [5.41, 5.74) is 4.85. The van der Waals surface area contributed by atoms with Crippen molar-refractivity contribution in [2.24, 2.45) is 0 Å². The maximum atomic E-state index is 13.5. The summed E-state index contributed by atoms with van der Waals surface area (Å²) in [7, 11) is -0.309. The number of hydrogen-bond acceptors (Lipinski definition) is 11. The lowest BCUT2D eigenvalue weighted by molar-refractivity contribution is 0.144. The molecule has 40 heavy (non-hydrogen) atoms. The van der Waals surface area contributed by atoms with Gasteiger partial charge in [0.15, 0.2) is 0 Å². The number of sulfonamides is 1. The Balaban J connectivity index is 1.53. The predicted molar refractivity (Wildman–Crippen MR) is 148 cm³/mol. The number of nitrogens with zero attached hydrogens (tertiary/aromatic N) is 6. The van der Waals surface area contributed by atoms with E-state index in [1.165, 1.54) is 16.6 Å². The summed E-state index contributed by atoms with van der Waals surface area (Å²) < 4.78 is 39.4. The van der Waals surface area contributed by atoms with Crippen LogP contribution in [0.5, 0.6) is 5.88 Å². The van der Waals surface area contributed by atoms with E-state index in [4.69, 9.17) is 14.5 Å². The third kappa shape index (κ3) is 5.71. The summed E-state index contributed by atoms with van der Waals surface area (Å²) in [6.07, 6.45) is 3.69. The number of hydrazine groups is 1. The molecule has 2 aliphatic rings. The van der Waals surface area contributed by atoms with Crippen molar-refractivity contribution in [2.75, 3.05) is 59.0 Å². The van der Waals surface area contributed by atoms with Gasteiger partial charge in [-0.3, -0.25) is 9.78 Å². The minimum Gasteiger partial charge on any atom is -0.475 e. The van der Waals surface area contributed by atoms with Crippen LogP contribution in [0.4, 0.5) is 5.69 Å². The van der Waals surface area contributed by atoms with Gasteiger partial charge in [-0.2, -0.15) is 4.31 Å². The molecular weight excluding hydrogens is 536 g/mol. The zero-order chi connectivity index (χ0) is 28.3. The summed E-state index contributed by atoms with van der Waals surface area (Å²) in [5.74, 6) is 0.334. The molecule has 214 valence electrons. The molecule has 0 bridgehead atoms. The van der Waals surface area contributed by atoms with Gasteiger partial charge in [-0.1, -0.05) is 13.0 Å². The van der Waals surface area contributed by atoms with E-state index >= 15 is 0 Å². The Hall–Kier alpha value is -3.43. The molecular formula is C26H34N8O5S. The molecule has 1 fully saturated rings. The maximum absolute atomic E-state index is 13.5. The van der Waals surface area contributed by atoms with E-state index in [1.54, 1.807) is 13.3 Å². The summed E-state index contributed by atoms with van der Waals surface area (Å²) in [6, 6.07) is 6.95. The van der Waals surface area contributed by atoms with E-state index in [9.17, 15) is 13.2 Å². The fourth-order valence-electron chi connectivity index (χ4n) is 4.82. The number of nitrogens with one attached hydrogen (secondary N) is 2. The van der Waals surface area contributed by atoms with Crippen LogP contribution in [0.25, 0.3) is 11.4 Å². The molecule has 0 amide bonds. The average molecular weight is 571 g/mol. The summed E-state index contributed by atoms with van der Waals surface area (Å²) >= 11 is 0. The van der Waals surface area contributed by atoms with Crippen molar-refractivity contribution in [3.8, 4) is 17.3 Å². The van der Waals surface area contributed by atoms with Crippen molar-refractivity contribution < 1.29 is 17.9 Å². The number of piperazine rings is 1. The van der Waals surface area contributed by atoms with Gasteiger partial charge in [0.05, 0.1) is 42.3 Å². The lowest BCUT2D eigenvalue weighted by Crippen LogP contribution is -2.47. The van der Waals surface area contributed by atoms with Gasteiger partial charge in [-0.05, 0) is 31.7 Å². The first kappa shape index (κ1) is 28.1. The first-order valence-electron chi connectivity index (χ1n) is 13.2. The van der Waals surface area contributed by atoms with Crippen molar-refractivity contribution in [1.29, 1.82) is 0 Å². The molecule has 5 heterocycles. The van der Waals surface area contributed by atoms with Gasteiger partial charge in [0.25, 0.3) is 5.56 Å². The van der Waals surface area contributed by atoms with Crippen LogP contribution < -0.4 is 15.7 Å². The fraction of sp³-hybridized carbons (Fsp3) is 0.462. The number of H-pyrrole nitrogens is 1. The summed E-state index contributed by atoms with van der Waals surface area (Å²) in [6.45, 7) is 5.01. The molecule has 1 saturated heterocycles. The Kier molecular flexibility index (Phi) is 8.42. The molecule has 5 rings (SSSR count). The number of fused-ring (bicyclic) bond motifs is 1. The third-order valence-electron chi connectivity index (χ3n) is 7.05. The number of rotatable bonds is 10. The van der Waals surface area contributed by atoms with Crippen LogP contribution in [0.2, 0.25) is 0 Å². The molecule has 3 aromatic heterocycles. The average Bonchev–Trinajstić information content (AvgIpc) is 3.31. The highest BCUT2D eigenvalue weighted by molar-refractivity contribution is 7.89. The van der Waals surface area contributed by atoms with E-state index < -0.39 is 10.0 Å². The van der Waals surface area contributed by atoms with E-state index in [0.29, 0.717) is 57.1 Å². The van der Waals surface area contributed by atoms with Crippen LogP contribution in [0.3, 0.4) is 0 Å². The second kappa shape index (κ2) is 12.0. The molecule has 2 aliphatic heterocycles. The Bertz CT molecular complexity index is 1490. The lowest BCUT2D eigenvalue weighted by Gasteiger charge is -2.31. The smallest absolute Gasteiger partial charge is 0.276 e. The molecule has 2 N–H and O–H groups in total. The SMILES string of the molecule is CCC1c2nc(-c3cc(S(=O)(=O)N4CCN(C)CC4)cnc3OCCOC)[nH]c(=O)c2NN1Cc1ccccn1. The van der Waals surface area contributed by atoms with Crippen LogP contribution in [-0.2, 0) is 21.3 Å². The van der Waals surface area contributed by atoms with E-state index in [-0.39, 0.29) is 40.4 Å². The minimum atomic E-state index is -3.82. The van der Waals surface area contributed by atoms with Gasteiger partial charge in [0.2, 0.25) is 15.9 Å². The topological polar surface area (TPSA) is 146 Å². The molecule has 13 nitrogen and oxygen atoms in total. The highest BCUT2D eigenvalue weighted by Crippen LogP contribution is 2.37. The highest BCUT2D eigenvalue weighted by Gasteiger charge is 2.34. The number of methoxy groups -OCH3 is 1. The first-order chi connectivity index (χ1) is 19.3. The fourth-order valence-corrected chi connectivity index (χ4v) is 6.22. The summed E-state index contributed by atoms with van der Waals surface area (Å²) in [5, 5.41) is 1.93. The second-order valence-electron chi connectivity index (χ2n) is 9.73. The van der Waals surface area contributed by atoms with Crippen LogP contribution in [0.15, 0.2) is 46.3 Å². The number of pyridine rings is 2. The first-order valence-corrected chi connectivity index (χ1v) is 14.6. The molecule has 0 radical (unpaired) electrons. The Morgan fingerprint density at radius 1 is 1.12 bits per heavy atom. The molecule has 0 spiro atoms. The number of likely N-dealkylation sites (N-methyl/N-ethyl adjacent to an activating group) is 1.